The van der Waals surface area contributed by atoms with Crippen molar-refractivity contribution in [2.45, 2.75) is 6.92 Å². The maximum absolute atomic E-state index is 5.83. The molecule has 0 atom stereocenters. The largest absolute Gasteiger partial charge is 0.398 e. The summed E-state index contributed by atoms with van der Waals surface area (Å²) in [6, 6.07) is 1.80. The fourth-order valence-electron chi connectivity index (χ4n) is 1.33. The second-order valence-corrected chi connectivity index (χ2v) is 3.30. The summed E-state index contributed by atoms with van der Waals surface area (Å²) in [4.78, 5) is 8.39. The van der Waals surface area contributed by atoms with Crippen LogP contribution in [0.4, 0.5) is 5.69 Å². The Balaban J connectivity index is 2.46. The van der Waals surface area contributed by atoms with E-state index in [9.17, 15) is 0 Å². The van der Waals surface area contributed by atoms with E-state index in [0.717, 1.165) is 17.1 Å². The minimum atomic E-state index is 0.668. The van der Waals surface area contributed by atoms with E-state index in [1.54, 1.807) is 24.7 Å². The monoisotopic (exact) mass is 200 g/mol. The van der Waals surface area contributed by atoms with Crippen LogP contribution in [-0.4, -0.2) is 14.5 Å². The average Bonchev–Trinajstić information content (AvgIpc) is 2.65. The van der Waals surface area contributed by atoms with Crippen molar-refractivity contribution in [3.05, 3.63) is 42.6 Å². The van der Waals surface area contributed by atoms with Crippen LogP contribution in [0, 0.1) is 6.92 Å². The number of aryl methyl sites for hydroxylation is 1. The van der Waals surface area contributed by atoms with E-state index in [1.807, 2.05) is 17.7 Å². The molecular formula is C11H12N4. The third kappa shape index (κ3) is 1.74. The number of nitrogen functional groups attached to an aromatic ring is 1. The van der Waals surface area contributed by atoms with Crippen LogP contribution >= 0.6 is 0 Å². The predicted octanol–water partition coefficient (Wildman–Crippen LogP) is 1.80. The highest BCUT2D eigenvalue weighted by Gasteiger charge is 2.01. The zero-order valence-corrected chi connectivity index (χ0v) is 8.51. The lowest BCUT2D eigenvalue weighted by Crippen LogP contribution is -1.98. The van der Waals surface area contributed by atoms with Crippen LogP contribution in [0.5, 0.6) is 0 Å². The van der Waals surface area contributed by atoms with Gasteiger partial charge in [0.1, 0.15) is 12.1 Å². The third-order valence-electron chi connectivity index (χ3n) is 2.15. The van der Waals surface area contributed by atoms with Gasteiger partial charge in [0, 0.05) is 29.7 Å². The zero-order valence-electron chi connectivity index (χ0n) is 8.51. The molecule has 2 rings (SSSR count). The lowest BCUT2D eigenvalue weighted by Gasteiger charge is -2.04. The van der Waals surface area contributed by atoms with Gasteiger partial charge in [0.2, 0.25) is 0 Å². The molecule has 2 N–H and O–H groups in total. The minimum absolute atomic E-state index is 0.668. The highest BCUT2D eigenvalue weighted by molar-refractivity contribution is 5.63. The number of hydrogen-bond donors (Lipinski definition) is 1. The minimum Gasteiger partial charge on any atom is -0.398 e. The Hall–Kier alpha value is -2.10. The van der Waals surface area contributed by atoms with Crippen LogP contribution in [0.25, 0.3) is 11.9 Å². The normalized spacial score (nSPS) is 10.2. The lowest BCUT2D eigenvalue weighted by molar-refractivity contribution is 0.993. The number of aromatic nitrogens is 3. The smallest absolute Gasteiger partial charge is 0.139 e. The van der Waals surface area contributed by atoms with E-state index in [4.69, 9.17) is 5.73 Å². The molecule has 4 heteroatoms. The van der Waals surface area contributed by atoms with Crippen LogP contribution in [0.15, 0.2) is 31.4 Å². The van der Waals surface area contributed by atoms with Crippen molar-refractivity contribution in [1.29, 1.82) is 0 Å². The molecule has 0 aliphatic rings. The Labute approximate surface area is 88.1 Å². The van der Waals surface area contributed by atoms with Gasteiger partial charge in [-0.3, -0.25) is 4.57 Å². The highest BCUT2D eigenvalue weighted by atomic mass is 15.1. The van der Waals surface area contributed by atoms with Gasteiger partial charge in [-0.1, -0.05) is 12.7 Å². The van der Waals surface area contributed by atoms with E-state index in [2.05, 4.69) is 16.5 Å². The van der Waals surface area contributed by atoms with Gasteiger partial charge in [0.05, 0.1) is 5.69 Å². The van der Waals surface area contributed by atoms with Crippen LogP contribution in [-0.2, 0) is 0 Å². The van der Waals surface area contributed by atoms with Gasteiger partial charge in [0.15, 0.2) is 0 Å². The molecule has 2 aromatic rings. The van der Waals surface area contributed by atoms with E-state index >= 15 is 0 Å². The first-order valence-corrected chi connectivity index (χ1v) is 4.59. The number of pyridine rings is 1. The summed E-state index contributed by atoms with van der Waals surface area (Å²) in [5.41, 5.74) is 8.29. The lowest BCUT2D eigenvalue weighted by atomic mass is 10.2. The second kappa shape index (κ2) is 3.57. The Morgan fingerprint density at radius 1 is 1.47 bits per heavy atom. The van der Waals surface area contributed by atoms with Crippen molar-refractivity contribution < 1.29 is 0 Å². The summed E-state index contributed by atoms with van der Waals surface area (Å²) in [5.74, 6) is 0.763. The van der Waals surface area contributed by atoms with Crippen LogP contribution in [0.3, 0.4) is 0 Å². The fraction of sp³-hybridized carbons (Fsp3) is 0.0909. The van der Waals surface area contributed by atoms with Crippen LogP contribution in [0.1, 0.15) is 11.3 Å². The molecule has 0 bridgehead atoms. The van der Waals surface area contributed by atoms with Gasteiger partial charge in [-0.25, -0.2) is 9.97 Å². The van der Waals surface area contributed by atoms with Crippen LogP contribution in [0.2, 0.25) is 0 Å². The summed E-state index contributed by atoms with van der Waals surface area (Å²) in [5, 5.41) is 0. The van der Waals surface area contributed by atoms with Gasteiger partial charge in [-0.05, 0) is 6.92 Å². The Morgan fingerprint density at radius 2 is 2.27 bits per heavy atom. The fourth-order valence-corrected chi connectivity index (χ4v) is 1.33. The molecule has 0 aromatic carbocycles. The Kier molecular flexibility index (Phi) is 2.25. The topological polar surface area (TPSA) is 56.7 Å². The van der Waals surface area contributed by atoms with Crippen molar-refractivity contribution in [2.75, 3.05) is 5.73 Å². The second-order valence-electron chi connectivity index (χ2n) is 3.30. The predicted molar refractivity (Wildman–Crippen MR) is 60.6 cm³/mol. The molecule has 2 aromatic heterocycles. The van der Waals surface area contributed by atoms with Gasteiger partial charge < -0.3 is 5.73 Å². The van der Waals surface area contributed by atoms with Gasteiger partial charge in [0.25, 0.3) is 0 Å². The molecular weight excluding hydrogens is 188 g/mol. The summed E-state index contributed by atoms with van der Waals surface area (Å²) in [7, 11) is 0. The number of hydrogen-bond acceptors (Lipinski definition) is 3. The molecule has 0 fully saturated rings. The number of anilines is 1. The summed E-state index contributed by atoms with van der Waals surface area (Å²) < 4.78 is 1.83. The van der Waals surface area contributed by atoms with Crippen molar-refractivity contribution in [1.82, 2.24) is 14.5 Å². The van der Waals surface area contributed by atoms with Gasteiger partial charge in [-0.15, -0.1) is 0 Å². The maximum atomic E-state index is 5.83. The third-order valence-corrected chi connectivity index (χ3v) is 2.15. The molecule has 0 radical (unpaired) electrons. The van der Waals surface area contributed by atoms with Crippen molar-refractivity contribution >= 4 is 11.8 Å². The van der Waals surface area contributed by atoms with E-state index in [1.165, 1.54) is 0 Å². The Bertz CT molecular complexity index is 499. The summed E-state index contributed by atoms with van der Waals surface area (Å²) in [6.45, 7) is 5.59. The molecule has 0 spiro atoms. The molecule has 0 aliphatic heterocycles. The van der Waals surface area contributed by atoms with Gasteiger partial charge >= 0.3 is 0 Å². The molecule has 15 heavy (non-hydrogen) atoms. The van der Waals surface area contributed by atoms with Crippen molar-refractivity contribution in [3.8, 4) is 5.82 Å². The van der Waals surface area contributed by atoms with E-state index in [-0.39, 0.29) is 0 Å². The average molecular weight is 200 g/mol. The molecule has 2 heterocycles. The molecule has 0 saturated carbocycles. The SMILES string of the molecule is C=Cc1cnc(-n2cnc(C)c2)cc1N. The Morgan fingerprint density at radius 3 is 2.80 bits per heavy atom. The van der Waals surface area contributed by atoms with Crippen molar-refractivity contribution in [3.63, 3.8) is 0 Å². The first-order valence-electron chi connectivity index (χ1n) is 4.59. The molecule has 0 unspecified atom stereocenters. The maximum Gasteiger partial charge on any atom is 0.139 e. The standard InChI is InChI=1S/C11H12N4/c1-3-9-5-13-11(4-10(9)12)15-6-8(2)14-7-15/h3-7H,1H2,2H3,(H2,12,13). The van der Waals surface area contributed by atoms with Crippen LogP contribution < -0.4 is 5.73 Å². The van der Waals surface area contributed by atoms with E-state index in [0.29, 0.717) is 5.69 Å². The molecule has 0 saturated heterocycles. The van der Waals surface area contributed by atoms with Crippen molar-refractivity contribution in [2.24, 2.45) is 0 Å². The molecule has 76 valence electrons. The first kappa shape index (κ1) is 9.45. The van der Waals surface area contributed by atoms with E-state index < -0.39 is 0 Å². The molecule has 4 nitrogen and oxygen atoms in total. The number of rotatable bonds is 2. The summed E-state index contributed by atoms with van der Waals surface area (Å²) in [6.07, 6.45) is 7.00. The number of nitrogens with two attached hydrogens (primary N) is 1. The van der Waals surface area contributed by atoms with Gasteiger partial charge in [-0.2, -0.15) is 0 Å². The highest BCUT2D eigenvalue weighted by Crippen LogP contribution is 2.15. The molecule has 0 amide bonds. The first-order chi connectivity index (χ1) is 7.20. The quantitative estimate of drug-likeness (QED) is 0.804. The number of nitrogens with zero attached hydrogens (tertiary/aromatic N) is 3. The summed E-state index contributed by atoms with van der Waals surface area (Å²) >= 11 is 0. The number of imidazole rings is 1. The molecule has 0 aliphatic carbocycles. The zero-order chi connectivity index (χ0) is 10.8.